The Balaban J connectivity index is 1.84. The van der Waals surface area contributed by atoms with E-state index < -0.39 is 0 Å². The zero-order valence-electron chi connectivity index (χ0n) is 13.9. The van der Waals surface area contributed by atoms with Gasteiger partial charge in [-0.25, -0.2) is 9.98 Å². The summed E-state index contributed by atoms with van der Waals surface area (Å²) < 4.78 is 0. The average molecular weight is 341 g/mol. The van der Waals surface area contributed by atoms with Crippen molar-refractivity contribution in [2.45, 2.75) is 51.8 Å². The number of guanidine groups is 1. The summed E-state index contributed by atoms with van der Waals surface area (Å²) in [6.45, 7) is 9.18. The standard InChI is InChI=1S/C16H28N4S2/c1-4-17-16(19-9-13-6-5-7-21-13)20-11-14-10-18-15(22-14)8-12(2)3/h10,12-13H,4-9,11H2,1-3H3,(H2,17,19,20). The van der Waals surface area contributed by atoms with Crippen LogP contribution in [0.4, 0.5) is 0 Å². The molecule has 2 N–H and O–H groups in total. The molecule has 22 heavy (non-hydrogen) atoms. The quantitative estimate of drug-likeness (QED) is 0.591. The number of thiazole rings is 1. The lowest BCUT2D eigenvalue weighted by Crippen LogP contribution is -2.40. The molecule has 6 heteroatoms. The second kappa shape index (κ2) is 9.40. The minimum atomic E-state index is 0.658. The molecule has 1 aliphatic rings. The fourth-order valence-electron chi connectivity index (χ4n) is 2.38. The Kier molecular flexibility index (Phi) is 7.52. The number of nitrogens with one attached hydrogen (secondary N) is 2. The lowest BCUT2D eigenvalue weighted by Gasteiger charge is -2.14. The van der Waals surface area contributed by atoms with Gasteiger partial charge in [0.25, 0.3) is 0 Å². The van der Waals surface area contributed by atoms with Crippen LogP contribution in [0.2, 0.25) is 0 Å². The predicted molar refractivity (Wildman–Crippen MR) is 99.0 cm³/mol. The smallest absolute Gasteiger partial charge is 0.191 e. The highest BCUT2D eigenvalue weighted by atomic mass is 32.2. The van der Waals surface area contributed by atoms with Gasteiger partial charge in [0.2, 0.25) is 0 Å². The third-order valence-electron chi connectivity index (χ3n) is 3.44. The van der Waals surface area contributed by atoms with E-state index in [1.54, 1.807) is 11.3 Å². The largest absolute Gasteiger partial charge is 0.357 e. The van der Waals surface area contributed by atoms with Crippen LogP contribution in [0.5, 0.6) is 0 Å². The summed E-state index contributed by atoms with van der Waals surface area (Å²) >= 11 is 3.86. The maximum Gasteiger partial charge on any atom is 0.191 e. The SMILES string of the molecule is CCNC(=NCc1cnc(CC(C)C)s1)NCC1CCCS1. The van der Waals surface area contributed by atoms with Gasteiger partial charge in [0.1, 0.15) is 0 Å². The number of aromatic nitrogens is 1. The molecule has 0 radical (unpaired) electrons. The summed E-state index contributed by atoms with van der Waals surface area (Å²) in [5.74, 6) is 2.89. The van der Waals surface area contributed by atoms with Crippen LogP contribution in [0.15, 0.2) is 11.2 Å². The summed E-state index contributed by atoms with van der Waals surface area (Å²) in [6.07, 6.45) is 5.71. The average Bonchev–Trinajstić information content (AvgIpc) is 3.13. The fraction of sp³-hybridized carbons (Fsp3) is 0.750. The van der Waals surface area contributed by atoms with Gasteiger partial charge in [-0.3, -0.25) is 0 Å². The molecule has 4 nitrogen and oxygen atoms in total. The Labute approximate surface area is 142 Å². The van der Waals surface area contributed by atoms with Crippen LogP contribution in [-0.2, 0) is 13.0 Å². The molecule has 0 aliphatic carbocycles. The molecular formula is C16H28N4S2. The van der Waals surface area contributed by atoms with Gasteiger partial charge in [-0.1, -0.05) is 13.8 Å². The van der Waals surface area contributed by atoms with E-state index in [2.05, 4.69) is 48.2 Å². The Bertz CT molecular complexity index is 464. The summed E-state index contributed by atoms with van der Waals surface area (Å²) in [7, 11) is 0. The van der Waals surface area contributed by atoms with E-state index in [1.807, 2.05) is 6.20 Å². The minimum Gasteiger partial charge on any atom is -0.357 e. The zero-order chi connectivity index (χ0) is 15.8. The van der Waals surface area contributed by atoms with Gasteiger partial charge < -0.3 is 10.6 Å². The van der Waals surface area contributed by atoms with Crippen molar-refractivity contribution in [3.05, 3.63) is 16.1 Å². The lowest BCUT2D eigenvalue weighted by atomic mass is 10.1. The van der Waals surface area contributed by atoms with E-state index in [-0.39, 0.29) is 0 Å². The van der Waals surface area contributed by atoms with E-state index in [4.69, 9.17) is 4.99 Å². The lowest BCUT2D eigenvalue weighted by molar-refractivity contribution is 0.644. The van der Waals surface area contributed by atoms with Crippen LogP contribution >= 0.6 is 23.1 Å². The Morgan fingerprint density at radius 3 is 3.00 bits per heavy atom. The van der Waals surface area contributed by atoms with Gasteiger partial charge in [-0.15, -0.1) is 11.3 Å². The Morgan fingerprint density at radius 2 is 2.32 bits per heavy atom. The van der Waals surface area contributed by atoms with Crippen LogP contribution < -0.4 is 10.6 Å². The molecule has 1 aromatic rings. The van der Waals surface area contributed by atoms with Gasteiger partial charge in [0.05, 0.1) is 11.6 Å². The van der Waals surface area contributed by atoms with Gasteiger partial charge >= 0.3 is 0 Å². The fourth-order valence-corrected chi connectivity index (χ4v) is 4.64. The van der Waals surface area contributed by atoms with Gasteiger partial charge in [-0.05, 0) is 31.4 Å². The molecule has 0 bridgehead atoms. The molecule has 124 valence electrons. The van der Waals surface area contributed by atoms with E-state index in [1.165, 1.54) is 28.5 Å². The van der Waals surface area contributed by atoms with Crippen molar-refractivity contribution in [1.29, 1.82) is 0 Å². The molecule has 0 aromatic carbocycles. The highest BCUT2D eigenvalue weighted by Gasteiger charge is 2.15. The van der Waals surface area contributed by atoms with Crippen LogP contribution in [0, 0.1) is 5.92 Å². The first-order valence-corrected chi connectivity index (χ1v) is 10.1. The van der Waals surface area contributed by atoms with Crippen molar-refractivity contribution in [2.24, 2.45) is 10.9 Å². The minimum absolute atomic E-state index is 0.658. The molecule has 1 aromatic heterocycles. The molecule has 0 spiro atoms. The molecule has 0 saturated carbocycles. The molecule has 1 fully saturated rings. The number of hydrogen-bond donors (Lipinski definition) is 2. The normalized spacial score (nSPS) is 18.9. The number of nitrogens with zero attached hydrogens (tertiary/aromatic N) is 2. The predicted octanol–water partition coefficient (Wildman–Crippen LogP) is 3.29. The topological polar surface area (TPSA) is 49.3 Å². The molecule has 2 heterocycles. The van der Waals surface area contributed by atoms with Crippen LogP contribution in [0.1, 0.15) is 43.5 Å². The second-order valence-corrected chi connectivity index (χ2v) is 8.64. The number of aliphatic imine (C=N–C) groups is 1. The first-order valence-electron chi connectivity index (χ1n) is 8.24. The van der Waals surface area contributed by atoms with E-state index >= 15 is 0 Å². The number of rotatable bonds is 7. The maximum absolute atomic E-state index is 4.69. The summed E-state index contributed by atoms with van der Waals surface area (Å²) in [4.78, 5) is 10.4. The van der Waals surface area contributed by atoms with E-state index in [9.17, 15) is 0 Å². The summed E-state index contributed by atoms with van der Waals surface area (Å²) in [5.41, 5.74) is 0. The summed E-state index contributed by atoms with van der Waals surface area (Å²) in [5, 5.41) is 8.77. The molecular weight excluding hydrogens is 312 g/mol. The number of hydrogen-bond acceptors (Lipinski definition) is 4. The van der Waals surface area contributed by atoms with Gasteiger partial charge in [0.15, 0.2) is 5.96 Å². The Hall–Kier alpha value is -0.750. The van der Waals surface area contributed by atoms with E-state index in [0.29, 0.717) is 12.5 Å². The van der Waals surface area contributed by atoms with Crippen LogP contribution in [-0.4, -0.2) is 35.0 Å². The van der Waals surface area contributed by atoms with Crippen molar-refractivity contribution in [2.75, 3.05) is 18.8 Å². The van der Waals surface area contributed by atoms with Crippen molar-refractivity contribution in [3.63, 3.8) is 0 Å². The second-order valence-electron chi connectivity index (χ2n) is 6.03. The first-order chi connectivity index (χ1) is 10.7. The Morgan fingerprint density at radius 1 is 1.45 bits per heavy atom. The molecule has 0 amide bonds. The molecule has 2 rings (SSSR count). The molecule has 1 saturated heterocycles. The van der Waals surface area contributed by atoms with Crippen LogP contribution in [0.3, 0.4) is 0 Å². The monoisotopic (exact) mass is 340 g/mol. The van der Waals surface area contributed by atoms with Crippen molar-refractivity contribution < 1.29 is 0 Å². The number of thioether (sulfide) groups is 1. The summed E-state index contributed by atoms with van der Waals surface area (Å²) in [6, 6.07) is 0. The third-order valence-corrected chi connectivity index (χ3v) is 5.85. The van der Waals surface area contributed by atoms with Crippen molar-refractivity contribution in [3.8, 4) is 0 Å². The molecule has 1 aliphatic heterocycles. The first kappa shape index (κ1) is 17.6. The zero-order valence-corrected chi connectivity index (χ0v) is 15.5. The maximum atomic E-state index is 4.69. The molecule has 1 unspecified atom stereocenters. The van der Waals surface area contributed by atoms with Gasteiger partial charge in [0, 0.05) is 35.8 Å². The highest BCUT2D eigenvalue weighted by Crippen LogP contribution is 2.25. The third kappa shape index (κ3) is 6.16. The van der Waals surface area contributed by atoms with Gasteiger partial charge in [-0.2, -0.15) is 11.8 Å². The molecule has 1 atom stereocenters. The van der Waals surface area contributed by atoms with Crippen molar-refractivity contribution in [1.82, 2.24) is 15.6 Å². The van der Waals surface area contributed by atoms with E-state index in [0.717, 1.165) is 30.7 Å². The van der Waals surface area contributed by atoms with Crippen LogP contribution in [0.25, 0.3) is 0 Å². The van der Waals surface area contributed by atoms with Crippen molar-refractivity contribution >= 4 is 29.1 Å². The highest BCUT2D eigenvalue weighted by molar-refractivity contribution is 8.00.